The first-order valence-electron chi connectivity index (χ1n) is 6.64. The average molecular weight is 274 g/mol. The summed E-state index contributed by atoms with van der Waals surface area (Å²) in [5.41, 5.74) is 2.24. The Morgan fingerprint density at radius 2 is 1.90 bits per heavy atom. The van der Waals surface area contributed by atoms with E-state index in [1.807, 2.05) is 24.3 Å². The van der Waals surface area contributed by atoms with Crippen LogP contribution in [0.4, 0.5) is 0 Å². The Morgan fingerprint density at radius 3 is 2.65 bits per heavy atom. The number of ether oxygens (including phenoxy) is 1. The standard InChI is InChI=1S/C16H19NO3/c1-20-16-10-12(5-6-15(16)19)7-8-17-11-13-3-2-4-14(18)9-13/h2-6,9-10,17-19H,7-8,11H2,1H3/p+1. The SMILES string of the molecule is COc1cc(CC[NH2+]Cc2cccc(O)c2)ccc1O. The summed E-state index contributed by atoms with van der Waals surface area (Å²) in [7, 11) is 1.55. The van der Waals surface area contributed by atoms with Crippen LogP contribution in [0.5, 0.6) is 17.2 Å². The second-order valence-electron chi connectivity index (χ2n) is 4.71. The van der Waals surface area contributed by atoms with Crippen molar-refractivity contribution < 1.29 is 20.3 Å². The number of rotatable bonds is 6. The highest BCUT2D eigenvalue weighted by atomic mass is 16.5. The molecule has 0 amide bonds. The van der Waals surface area contributed by atoms with Gasteiger partial charge in [0, 0.05) is 12.0 Å². The van der Waals surface area contributed by atoms with E-state index in [-0.39, 0.29) is 5.75 Å². The van der Waals surface area contributed by atoms with Gasteiger partial charge < -0.3 is 20.3 Å². The quantitative estimate of drug-likeness (QED) is 0.698. The zero-order valence-corrected chi connectivity index (χ0v) is 11.5. The number of phenols is 2. The van der Waals surface area contributed by atoms with Crippen molar-refractivity contribution in [2.75, 3.05) is 13.7 Å². The minimum absolute atomic E-state index is 0.167. The average Bonchev–Trinajstić information content (AvgIpc) is 2.45. The topological polar surface area (TPSA) is 66.3 Å². The molecule has 0 saturated heterocycles. The minimum Gasteiger partial charge on any atom is -0.508 e. The molecule has 20 heavy (non-hydrogen) atoms. The Balaban J connectivity index is 1.81. The second kappa shape index (κ2) is 6.82. The molecule has 4 N–H and O–H groups in total. The molecule has 0 atom stereocenters. The van der Waals surface area contributed by atoms with Crippen LogP contribution in [0.2, 0.25) is 0 Å². The van der Waals surface area contributed by atoms with Gasteiger partial charge in [-0.25, -0.2) is 0 Å². The lowest BCUT2D eigenvalue weighted by atomic mass is 10.1. The van der Waals surface area contributed by atoms with Gasteiger partial charge in [0.25, 0.3) is 0 Å². The molecule has 0 bridgehead atoms. The molecular formula is C16H20NO3+. The summed E-state index contributed by atoms with van der Waals surface area (Å²) in [6.45, 7) is 1.77. The van der Waals surface area contributed by atoms with Gasteiger partial charge in [-0.05, 0) is 29.8 Å². The Hall–Kier alpha value is -2.20. The number of hydrogen-bond acceptors (Lipinski definition) is 3. The van der Waals surface area contributed by atoms with E-state index in [0.717, 1.165) is 30.6 Å². The lowest BCUT2D eigenvalue weighted by Crippen LogP contribution is -2.83. The van der Waals surface area contributed by atoms with Crippen molar-refractivity contribution in [2.24, 2.45) is 0 Å². The first-order chi connectivity index (χ1) is 9.69. The lowest BCUT2D eigenvalue weighted by Gasteiger charge is -2.06. The number of phenolic OH excluding ortho intramolecular Hbond substituents is 2. The van der Waals surface area contributed by atoms with Gasteiger partial charge >= 0.3 is 0 Å². The largest absolute Gasteiger partial charge is 0.508 e. The van der Waals surface area contributed by atoms with E-state index in [4.69, 9.17) is 4.74 Å². The summed E-state index contributed by atoms with van der Waals surface area (Å²) >= 11 is 0. The van der Waals surface area contributed by atoms with Crippen LogP contribution >= 0.6 is 0 Å². The zero-order chi connectivity index (χ0) is 14.4. The maximum Gasteiger partial charge on any atom is 0.160 e. The Bertz CT molecular complexity index is 569. The van der Waals surface area contributed by atoms with Crippen molar-refractivity contribution in [3.63, 3.8) is 0 Å². The van der Waals surface area contributed by atoms with E-state index in [2.05, 4.69) is 5.32 Å². The van der Waals surface area contributed by atoms with E-state index < -0.39 is 0 Å². The van der Waals surface area contributed by atoms with Crippen molar-refractivity contribution >= 4 is 0 Å². The van der Waals surface area contributed by atoms with Crippen molar-refractivity contribution in [1.82, 2.24) is 0 Å². The summed E-state index contributed by atoms with van der Waals surface area (Å²) in [6, 6.07) is 12.7. The van der Waals surface area contributed by atoms with Crippen LogP contribution in [-0.2, 0) is 13.0 Å². The minimum atomic E-state index is 0.167. The highest BCUT2D eigenvalue weighted by Crippen LogP contribution is 2.26. The fourth-order valence-electron chi connectivity index (χ4n) is 2.10. The molecule has 0 aliphatic heterocycles. The molecule has 0 fully saturated rings. The molecule has 0 aliphatic carbocycles. The Morgan fingerprint density at radius 1 is 1.05 bits per heavy atom. The normalized spacial score (nSPS) is 10.4. The van der Waals surface area contributed by atoms with Gasteiger partial charge in [-0.15, -0.1) is 0 Å². The molecule has 2 rings (SSSR count). The summed E-state index contributed by atoms with van der Waals surface area (Å²) in [6.07, 6.45) is 0.898. The highest BCUT2D eigenvalue weighted by Gasteiger charge is 2.03. The van der Waals surface area contributed by atoms with Gasteiger partial charge in [-0.2, -0.15) is 0 Å². The maximum absolute atomic E-state index is 9.52. The van der Waals surface area contributed by atoms with E-state index in [1.54, 1.807) is 25.3 Å². The van der Waals surface area contributed by atoms with E-state index in [0.29, 0.717) is 11.5 Å². The van der Waals surface area contributed by atoms with Crippen LogP contribution in [0.3, 0.4) is 0 Å². The van der Waals surface area contributed by atoms with Gasteiger partial charge in [0.1, 0.15) is 12.3 Å². The number of benzene rings is 2. The number of nitrogens with two attached hydrogens (primary N) is 1. The molecule has 0 radical (unpaired) electrons. The molecular weight excluding hydrogens is 254 g/mol. The molecule has 0 saturated carbocycles. The summed E-state index contributed by atoms with van der Waals surface area (Å²) in [4.78, 5) is 0. The molecule has 0 aliphatic rings. The maximum atomic E-state index is 9.52. The van der Waals surface area contributed by atoms with Crippen LogP contribution in [0.25, 0.3) is 0 Å². The van der Waals surface area contributed by atoms with Crippen LogP contribution < -0.4 is 10.1 Å². The number of quaternary nitrogens is 1. The van der Waals surface area contributed by atoms with Crippen LogP contribution in [0.1, 0.15) is 11.1 Å². The van der Waals surface area contributed by atoms with E-state index in [1.165, 1.54) is 0 Å². The molecule has 4 nitrogen and oxygen atoms in total. The molecule has 4 heteroatoms. The van der Waals surface area contributed by atoms with Crippen molar-refractivity contribution in [1.29, 1.82) is 0 Å². The molecule has 0 spiro atoms. The van der Waals surface area contributed by atoms with Crippen molar-refractivity contribution in [3.8, 4) is 17.2 Å². The molecule has 0 unspecified atom stereocenters. The zero-order valence-electron chi connectivity index (χ0n) is 11.5. The van der Waals surface area contributed by atoms with E-state index in [9.17, 15) is 10.2 Å². The van der Waals surface area contributed by atoms with Crippen molar-refractivity contribution in [2.45, 2.75) is 13.0 Å². The molecule has 2 aromatic carbocycles. The summed E-state index contributed by atoms with van der Waals surface area (Å²) < 4.78 is 5.09. The third-order valence-corrected chi connectivity index (χ3v) is 3.17. The third-order valence-electron chi connectivity index (χ3n) is 3.17. The van der Waals surface area contributed by atoms with Gasteiger partial charge in [-0.1, -0.05) is 18.2 Å². The van der Waals surface area contributed by atoms with Crippen LogP contribution in [0.15, 0.2) is 42.5 Å². The summed E-state index contributed by atoms with van der Waals surface area (Å²) in [5.74, 6) is 0.981. The van der Waals surface area contributed by atoms with Gasteiger partial charge in [0.15, 0.2) is 11.5 Å². The first kappa shape index (κ1) is 14.2. The summed E-state index contributed by atoms with van der Waals surface area (Å²) in [5, 5.41) is 21.1. The number of methoxy groups -OCH3 is 1. The third kappa shape index (κ3) is 3.90. The van der Waals surface area contributed by atoms with E-state index >= 15 is 0 Å². The Labute approximate surface area is 118 Å². The fourth-order valence-corrected chi connectivity index (χ4v) is 2.10. The predicted molar refractivity (Wildman–Crippen MR) is 77.0 cm³/mol. The van der Waals surface area contributed by atoms with Gasteiger partial charge in [-0.3, -0.25) is 0 Å². The number of hydrogen-bond donors (Lipinski definition) is 3. The molecule has 106 valence electrons. The van der Waals surface area contributed by atoms with Crippen molar-refractivity contribution in [3.05, 3.63) is 53.6 Å². The molecule has 0 heterocycles. The lowest BCUT2D eigenvalue weighted by molar-refractivity contribution is -0.670. The molecule has 2 aromatic rings. The number of aromatic hydroxyl groups is 2. The highest BCUT2D eigenvalue weighted by molar-refractivity contribution is 5.41. The smallest absolute Gasteiger partial charge is 0.160 e. The van der Waals surface area contributed by atoms with Gasteiger partial charge in [0.2, 0.25) is 0 Å². The predicted octanol–water partition coefficient (Wildman–Crippen LogP) is 1.41. The fraction of sp³-hybridized carbons (Fsp3) is 0.250. The van der Waals surface area contributed by atoms with Crippen LogP contribution in [-0.4, -0.2) is 23.9 Å². The second-order valence-corrected chi connectivity index (χ2v) is 4.71. The van der Waals surface area contributed by atoms with Crippen LogP contribution in [0, 0.1) is 0 Å². The molecule has 0 aromatic heterocycles. The monoisotopic (exact) mass is 274 g/mol. The first-order valence-corrected chi connectivity index (χ1v) is 6.64. The van der Waals surface area contributed by atoms with Gasteiger partial charge in [0.05, 0.1) is 13.7 Å². The Kier molecular flexibility index (Phi) is 4.85.